The highest BCUT2D eigenvalue weighted by Crippen LogP contribution is 2.28. The van der Waals surface area contributed by atoms with Gasteiger partial charge >= 0.3 is 0 Å². The first-order valence-electron chi connectivity index (χ1n) is 10.2. The van der Waals surface area contributed by atoms with Crippen LogP contribution in [0.1, 0.15) is 5.69 Å². The van der Waals surface area contributed by atoms with Crippen molar-refractivity contribution in [2.24, 2.45) is 0 Å². The van der Waals surface area contributed by atoms with E-state index in [-0.39, 0.29) is 0 Å². The summed E-state index contributed by atoms with van der Waals surface area (Å²) in [6.45, 7) is 4.93. The first-order valence-corrected chi connectivity index (χ1v) is 11.0. The van der Waals surface area contributed by atoms with E-state index in [1.54, 1.807) is 0 Å². The largest absolute Gasteiger partial charge is 0.398 e. The van der Waals surface area contributed by atoms with E-state index in [9.17, 15) is 0 Å². The summed E-state index contributed by atoms with van der Waals surface area (Å²) in [5.41, 5.74) is 12.4. The predicted octanol–water partition coefficient (Wildman–Crippen LogP) is 4.67. The van der Waals surface area contributed by atoms with Crippen LogP contribution in [0.15, 0.2) is 77.4 Å². The van der Waals surface area contributed by atoms with Crippen LogP contribution in [0.4, 0.5) is 11.4 Å². The van der Waals surface area contributed by atoms with Crippen LogP contribution in [0, 0.1) is 0 Å². The van der Waals surface area contributed by atoms with Gasteiger partial charge in [0.2, 0.25) is 0 Å². The number of anilines is 2. The highest BCUT2D eigenvalue weighted by Gasteiger charge is 2.21. The third-order valence-corrected chi connectivity index (χ3v) is 6.25. The third-order valence-electron chi connectivity index (χ3n) is 5.73. The molecule has 0 spiro atoms. The molecular formula is C24H24BrN5. The molecular weight excluding hydrogens is 438 g/mol. The van der Waals surface area contributed by atoms with Gasteiger partial charge in [0.05, 0.1) is 11.4 Å². The number of imidazole rings is 1. The Morgan fingerprint density at radius 3 is 2.33 bits per heavy atom. The Bertz CT molecular complexity index is 1150. The normalized spacial score (nSPS) is 15.0. The van der Waals surface area contributed by atoms with Gasteiger partial charge in [0.1, 0.15) is 5.65 Å². The van der Waals surface area contributed by atoms with Gasteiger partial charge < -0.3 is 15.0 Å². The lowest BCUT2D eigenvalue weighted by molar-refractivity contribution is 0.247. The molecule has 3 heterocycles. The van der Waals surface area contributed by atoms with E-state index in [4.69, 9.17) is 10.7 Å². The molecule has 30 heavy (non-hydrogen) atoms. The van der Waals surface area contributed by atoms with Gasteiger partial charge in [-0.15, -0.1) is 0 Å². The van der Waals surface area contributed by atoms with Crippen LogP contribution in [0.5, 0.6) is 0 Å². The number of pyridine rings is 1. The fourth-order valence-electron chi connectivity index (χ4n) is 4.11. The Hall–Kier alpha value is -2.83. The first-order chi connectivity index (χ1) is 14.7. The van der Waals surface area contributed by atoms with E-state index in [0.717, 1.165) is 59.8 Å². The quantitative estimate of drug-likeness (QED) is 0.479. The lowest BCUT2D eigenvalue weighted by atomic mass is 10.1. The summed E-state index contributed by atoms with van der Waals surface area (Å²) >= 11 is 3.53. The molecule has 5 rings (SSSR count). The number of aromatic nitrogens is 2. The van der Waals surface area contributed by atoms with Crippen LogP contribution in [-0.2, 0) is 6.54 Å². The van der Waals surface area contributed by atoms with E-state index >= 15 is 0 Å². The van der Waals surface area contributed by atoms with E-state index < -0.39 is 0 Å². The number of fused-ring (bicyclic) bond motifs is 1. The van der Waals surface area contributed by atoms with Crippen LogP contribution in [0.2, 0.25) is 0 Å². The van der Waals surface area contributed by atoms with Gasteiger partial charge in [-0.25, -0.2) is 4.98 Å². The number of rotatable bonds is 4. The monoisotopic (exact) mass is 461 g/mol. The molecule has 1 saturated heterocycles. The molecule has 5 nitrogen and oxygen atoms in total. The fraction of sp³-hybridized carbons (Fsp3) is 0.208. The Morgan fingerprint density at radius 2 is 1.60 bits per heavy atom. The zero-order chi connectivity index (χ0) is 20.5. The van der Waals surface area contributed by atoms with Crippen LogP contribution < -0.4 is 10.6 Å². The van der Waals surface area contributed by atoms with Crippen molar-refractivity contribution in [3.05, 3.63) is 83.1 Å². The fourth-order valence-corrected chi connectivity index (χ4v) is 4.38. The van der Waals surface area contributed by atoms with E-state index in [1.807, 2.05) is 18.3 Å². The number of para-hydroxylation sites is 1. The SMILES string of the molecule is Nc1ccc2nc(-c3ccc(Br)cc3)c(CN3CCN(c4ccccc4)CC3)n2c1. The number of hydrogen-bond donors (Lipinski definition) is 1. The molecule has 0 saturated carbocycles. The third kappa shape index (κ3) is 3.80. The molecule has 1 aliphatic rings. The lowest BCUT2D eigenvalue weighted by Gasteiger charge is -2.36. The zero-order valence-electron chi connectivity index (χ0n) is 16.7. The van der Waals surface area contributed by atoms with Crippen LogP contribution in [-0.4, -0.2) is 40.5 Å². The summed E-state index contributed by atoms with van der Waals surface area (Å²) in [5, 5.41) is 0. The van der Waals surface area contributed by atoms with E-state index in [2.05, 4.69) is 84.7 Å². The standard InChI is InChI=1S/C24H24BrN5/c25-19-8-6-18(7-9-19)24-22(30-16-20(26)10-11-23(30)27-24)17-28-12-14-29(15-13-28)21-4-2-1-3-5-21/h1-11,16H,12-15,17,26H2. The van der Waals surface area contributed by atoms with Crippen molar-refractivity contribution in [3.8, 4) is 11.3 Å². The Morgan fingerprint density at radius 1 is 0.867 bits per heavy atom. The number of nitrogen functional groups attached to an aromatic ring is 1. The second-order valence-electron chi connectivity index (χ2n) is 7.70. The molecule has 0 unspecified atom stereocenters. The van der Waals surface area contributed by atoms with E-state index in [0.29, 0.717) is 0 Å². The number of nitrogens with two attached hydrogens (primary N) is 1. The number of piperazine rings is 1. The summed E-state index contributed by atoms with van der Waals surface area (Å²) in [4.78, 5) is 9.90. The second kappa shape index (κ2) is 8.13. The molecule has 0 radical (unpaired) electrons. The maximum atomic E-state index is 6.10. The van der Waals surface area contributed by atoms with Gasteiger partial charge in [0, 0.05) is 60.3 Å². The summed E-state index contributed by atoms with van der Waals surface area (Å²) in [6.07, 6.45) is 1.99. The van der Waals surface area contributed by atoms with Crippen molar-refractivity contribution >= 4 is 33.0 Å². The zero-order valence-corrected chi connectivity index (χ0v) is 18.3. The molecule has 0 amide bonds. The predicted molar refractivity (Wildman–Crippen MR) is 127 cm³/mol. The molecule has 152 valence electrons. The molecule has 6 heteroatoms. The van der Waals surface area contributed by atoms with Gasteiger partial charge in [0.25, 0.3) is 0 Å². The molecule has 0 bridgehead atoms. The number of benzene rings is 2. The van der Waals surface area contributed by atoms with Gasteiger partial charge in [-0.1, -0.05) is 46.3 Å². The van der Waals surface area contributed by atoms with Crippen LogP contribution >= 0.6 is 15.9 Å². The maximum absolute atomic E-state index is 6.10. The second-order valence-corrected chi connectivity index (χ2v) is 8.62. The molecule has 2 aromatic carbocycles. The van der Waals surface area contributed by atoms with Crippen molar-refractivity contribution < 1.29 is 0 Å². The lowest BCUT2D eigenvalue weighted by Crippen LogP contribution is -2.46. The minimum absolute atomic E-state index is 0.748. The summed E-state index contributed by atoms with van der Waals surface area (Å²) in [6, 6.07) is 22.9. The number of hydrogen-bond acceptors (Lipinski definition) is 4. The number of halogens is 1. The van der Waals surface area contributed by atoms with Gasteiger partial charge in [-0.05, 0) is 36.4 Å². The Balaban J connectivity index is 1.43. The first kappa shape index (κ1) is 19.2. The Labute approximate surface area is 184 Å². The van der Waals surface area contributed by atoms with Gasteiger partial charge in [-0.2, -0.15) is 0 Å². The molecule has 1 fully saturated rings. The summed E-state index contributed by atoms with van der Waals surface area (Å²) in [7, 11) is 0. The maximum Gasteiger partial charge on any atom is 0.137 e. The van der Waals surface area contributed by atoms with Crippen molar-refractivity contribution in [1.29, 1.82) is 0 Å². The average Bonchev–Trinajstić information content (AvgIpc) is 3.13. The molecule has 0 atom stereocenters. The van der Waals surface area contributed by atoms with Crippen molar-refractivity contribution in [3.63, 3.8) is 0 Å². The van der Waals surface area contributed by atoms with E-state index in [1.165, 1.54) is 11.4 Å². The number of nitrogens with zero attached hydrogens (tertiary/aromatic N) is 4. The van der Waals surface area contributed by atoms with Crippen LogP contribution in [0.3, 0.4) is 0 Å². The van der Waals surface area contributed by atoms with Gasteiger partial charge in [-0.3, -0.25) is 4.90 Å². The van der Waals surface area contributed by atoms with Crippen molar-refractivity contribution in [1.82, 2.24) is 14.3 Å². The highest BCUT2D eigenvalue weighted by atomic mass is 79.9. The Kier molecular flexibility index (Phi) is 5.19. The van der Waals surface area contributed by atoms with Gasteiger partial charge in [0.15, 0.2) is 0 Å². The minimum atomic E-state index is 0.748. The molecule has 4 aromatic rings. The van der Waals surface area contributed by atoms with Crippen molar-refractivity contribution in [2.45, 2.75) is 6.54 Å². The molecule has 1 aliphatic heterocycles. The molecule has 2 aromatic heterocycles. The average molecular weight is 462 g/mol. The summed E-state index contributed by atoms with van der Waals surface area (Å²) in [5.74, 6) is 0. The highest BCUT2D eigenvalue weighted by molar-refractivity contribution is 9.10. The topological polar surface area (TPSA) is 49.8 Å². The molecule has 0 aliphatic carbocycles. The summed E-state index contributed by atoms with van der Waals surface area (Å²) < 4.78 is 3.22. The minimum Gasteiger partial charge on any atom is -0.398 e. The molecule has 2 N–H and O–H groups in total. The van der Waals surface area contributed by atoms with Crippen molar-refractivity contribution in [2.75, 3.05) is 36.8 Å². The smallest absolute Gasteiger partial charge is 0.137 e. The van der Waals surface area contributed by atoms with Crippen LogP contribution in [0.25, 0.3) is 16.9 Å².